The number of hydrogen-bond donors (Lipinski definition) is 0. The molecule has 14 heavy (non-hydrogen) atoms. The molecule has 0 radical (unpaired) electrons. The molecule has 0 N–H and O–H groups in total. The summed E-state index contributed by atoms with van der Waals surface area (Å²) >= 11 is 4.42. The van der Waals surface area contributed by atoms with Gasteiger partial charge in [0, 0.05) is 13.2 Å². The lowest BCUT2D eigenvalue weighted by Crippen LogP contribution is -1.74. The highest BCUT2D eigenvalue weighted by molar-refractivity contribution is 7.78. The first-order valence-electron chi connectivity index (χ1n) is 4.64. The zero-order valence-corrected chi connectivity index (χ0v) is 8.80. The molecule has 0 unspecified atom stereocenters. The number of isothiocyanates is 1. The zero-order valence-electron chi connectivity index (χ0n) is 7.98. The Morgan fingerprint density at radius 2 is 1.79 bits per heavy atom. The summed E-state index contributed by atoms with van der Waals surface area (Å²) in [5.41, 5.74) is 0.854. The van der Waals surface area contributed by atoms with E-state index < -0.39 is 0 Å². The molecule has 74 valence electrons. The highest BCUT2D eigenvalue weighted by Crippen LogP contribution is 2.07. The number of benzene rings is 1. The average molecular weight is 207 g/mol. The summed E-state index contributed by atoms with van der Waals surface area (Å²) in [5, 5.41) is 2.29. The van der Waals surface area contributed by atoms with Gasteiger partial charge in [-0.1, -0.05) is 18.2 Å². The van der Waals surface area contributed by atoms with Gasteiger partial charge in [0.05, 0.1) is 10.8 Å². The number of rotatable bonds is 1. The molecule has 1 aliphatic heterocycles. The standard InChI is InChI=1S/C7H5NS.C4H8O/c9-6-8-7-4-2-1-3-5-7;1-2-4-5-3-1/h1-5H;1-4H2. The first-order chi connectivity index (χ1) is 6.93. The molecule has 1 saturated heterocycles. The summed E-state index contributed by atoms with van der Waals surface area (Å²) in [6, 6.07) is 9.50. The van der Waals surface area contributed by atoms with Crippen molar-refractivity contribution in [1.29, 1.82) is 0 Å². The van der Waals surface area contributed by atoms with Crippen molar-refractivity contribution in [3.05, 3.63) is 30.3 Å². The topological polar surface area (TPSA) is 21.6 Å². The molecule has 1 aromatic rings. The van der Waals surface area contributed by atoms with E-state index in [1.54, 1.807) is 0 Å². The van der Waals surface area contributed by atoms with Gasteiger partial charge in [0.15, 0.2) is 0 Å². The van der Waals surface area contributed by atoms with Crippen LogP contribution in [-0.2, 0) is 4.74 Å². The van der Waals surface area contributed by atoms with Crippen molar-refractivity contribution in [3.63, 3.8) is 0 Å². The van der Waals surface area contributed by atoms with Crippen molar-refractivity contribution in [3.8, 4) is 0 Å². The third-order valence-electron chi connectivity index (χ3n) is 1.76. The number of ether oxygens (including phenoxy) is 1. The van der Waals surface area contributed by atoms with E-state index in [1.165, 1.54) is 12.8 Å². The van der Waals surface area contributed by atoms with Crippen LogP contribution in [0.25, 0.3) is 0 Å². The fraction of sp³-hybridized carbons (Fsp3) is 0.364. The average Bonchev–Trinajstić information content (AvgIpc) is 2.78. The van der Waals surface area contributed by atoms with E-state index in [0.717, 1.165) is 18.9 Å². The Kier molecular flexibility index (Phi) is 5.84. The van der Waals surface area contributed by atoms with Crippen LogP contribution in [0.3, 0.4) is 0 Å². The Hall–Kier alpha value is -1.02. The highest BCUT2D eigenvalue weighted by Gasteiger charge is 1.94. The molecular formula is C11H13NOS. The Labute approximate surface area is 89.6 Å². The number of nitrogens with zero attached hydrogens (tertiary/aromatic N) is 1. The molecule has 1 fully saturated rings. The fourth-order valence-electron chi connectivity index (χ4n) is 1.07. The Morgan fingerprint density at radius 3 is 2.21 bits per heavy atom. The van der Waals surface area contributed by atoms with Crippen LogP contribution in [0.15, 0.2) is 35.3 Å². The van der Waals surface area contributed by atoms with Crippen molar-refractivity contribution in [2.24, 2.45) is 4.99 Å². The van der Waals surface area contributed by atoms with Gasteiger partial charge in [-0.15, -0.1) is 0 Å². The first kappa shape index (κ1) is 11.1. The molecule has 0 amide bonds. The molecule has 1 heterocycles. The minimum absolute atomic E-state index is 0.854. The molecule has 0 bridgehead atoms. The van der Waals surface area contributed by atoms with Gasteiger partial charge in [0.25, 0.3) is 0 Å². The normalized spacial score (nSPS) is 13.7. The number of thiocarbonyl (C=S) groups is 1. The molecule has 2 nitrogen and oxygen atoms in total. The summed E-state index contributed by atoms with van der Waals surface area (Å²) in [5.74, 6) is 0. The summed E-state index contributed by atoms with van der Waals surface area (Å²) in [6.45, 7) is 2.00. The lowest BCUT2D eigenvalue weighted by atomic mass is 10.3. The molecule has 3 heteroatoms. The maximum absolute atomic E-state index is 4.94. The molecule has 0 spiro atoms. The minimum atomic E-state index is 0.854. The van der Waals surface area contributed by atoms with Crippen molar-refractivity contribution >= 4 is 23.1 Å². The summed E-state index contributed by atoms with van der Waals surface area (Å²) in [6.07, 6.45) is 2.56. The van der Waals surface area contributed by atoms with Crippen molar-refractivity contribution in [2.45, 2.75) is 12.8 Å². The van der Waals surface area contributed by atoms with E-state index >= 15 is 0 Å². The highest BCUT2D eigenvalue weighted by atomic mass is 32.1. The molecule has 2 rings (SSSR count). The van der Waals surface area contributed by atoms with Crippen LogP contribution >= 0.6 is 12.2 Å². The van der Waals surface area contributed by atoms with E-state index in [0.29, 0.717) is 0 Å². The second-order valence-electron chi connectivity index (χ2n) is 2.86. The van der Waals surface area contributed by atoms with Crippen LogP contribution in [0.4, 0.5) is 5.69 Å². The van der Waals surface area contributed by atoms with E-state index in [-0.39, 0.29) is 0 Å². The second-order valence-corrected chi connectivity index (χ2v) is 3.04. The second kappa shape index (κ2) is 7.39. The Bertz CT molecular complexity index is 282. The van der Waals surface area contributed by atoms with Crippen LogP contribution in [0.5, 0.6) is 0 Å². The zero-order chi connectivity index (χ0) is 10.1. The summed E-state index contributed by atoms with van der Waals surface area (Å²) < 4.78 is 4.94. The predicted octanol–water partition coefficient (Wildman–Crippen LogP) is 3.22. The van der Waals surface area contributed by atoms with E-state index in [9.17, 15) is 0 Å². The molecule has 0 atom stereocenters. The molecule has 0 saturated carbocycles. The summed E-state index contributed by atoms with van der Waals surface area (Å²) in [7, 11) is 0. The van der Waals surface area contributed by atoms with Gasteiger partial charge in [-0.25, -0.2) is 0 Å². The maximum Gasteiger partial charge on any atom is 0.0739 e. The van der Waals surface area contributed by atoms with E-state index in [2.05, 4.69) is 22.4 Å². The number of para-hydroxylation sites is 1. The smallest absolute Gasteiger partial charge is 0.0739 e. The van der Waals surface area contributed by atoms with Gasteiger partial charge < -0.3 is 4.74 Å². The van der Waals surface area contributed by atoms with Crippen LogP contribution in [-0.4, -0.2) is 18.4 Å². The number of hydrogen-bond acceptors (Lipinski definition) is 3. The third kappa shape index (κ3) is 4.87. The largest absolute Gasteiger partial charge is 0.381 e. The van der Waals surface area contributed by atoms with Crippen LogP contribution < -0.4 is 0 Å². The monoisotopic (exact) mass is 207 g/mol. The minimum Gasteiger partial charge on any atom is -0.381 e. The lowest BCUT2D eigenvalue weighted by molar-refractivity contribution is 0.198. The quantitative estimate of drug-likeness (QED) is 0.521. The SMILES string of the molecule is C1CCOC1.S=C=Nc1ccccc1. The molecular weight excluding hydrogens is 194 g/mol. The molecule has 1 aromatic carbocycles. The van der Waals surface area contributed by atoms with Gasteiger partial charge in [-0.2, -0.15) is 4.99 Å². The number of aliphatic imine (C=N–C) groups is 1. The maximum atomic E-state index is 4.94. The van der Waals surface area contributed by atoms with Gasteiger partial charge in [-0.05, 0) is 37.2 Å². The van der Waals surface area contributed by atoms with Crippen molar-refractivity contribution in [1.82, 2.24) is 0 Å². The third-order valence-corrected chi connectivity index (χ3v) is 1.85. The predicted molar refractivity (Wildman–Crippen MR) is 61.2 cm³/mol. The van der Waals surface area contributed by atoms with Gasteiger partial charge >= 0.3 is 0 Å². The fourth-order valence-corrected chi connectivity index (χ4v) is 1.17. The van der Waals surface area contributed by atoms with E-state index in [1.807, 2.05) is 30.3 Å². The van der Waals surface area contributed by atoms with Gasteiger partial charge in [0.2, 0.25) is 0 Å². The van der Waals surface area contributed by atoms with Gasteiger partial charge in [-0.3, -0.25) is 0 Å². The van der Waals surface area contributed by atoms with Crippen LogP contribution in [0.1, 0.15) is 12.8 Å². The van der Waals surface area contributed by atoms with Crippen molar-refractivity contribution < 1.29 is 4.74 Å². The first-order valence-corrected chi connectivity index (χ1v) is 5.05. The Morgan fingerprint density at radius 1 is 1.14 bits per heavy atom. The summed E-state index contributed by atoms with van der Waals surface area (Å²) in [4.78, 5) is 3.77. The lowest BCUT2D eigenvalue weighted by Gasteiger charge is -1.83. The van der Waals surface area contributed by atoms with Crippen LogP contribution in [0.2, 0.25) is 0 Å². The Balaban J connectivity index is 0.000000165. The molecule has 0 aliphatic carbocycles. The molecule has 1 aliphatic rings. The van der Waals surface area contributed by atoms with Crippen molar-refractivity contribution in [2.75, 3.05) is 13.2 Å². The van der Waals surface area contributed by atoms with E-state index in [4.69, 9.17) is 4.74 Å². The van der Waals surface area contributed by atoms with Gasteiger partial charge in [0.1, 0.15) is 0 Å². The molecule has 0 aromatic heterocycles. The van der Waals surface area contributed by atoms with Crippen LogP contribution in [0, 0.1) is 0 Å².